The fourth-order valence-corrected chi connectivity index (χ4v) is 2.36. The van der Waals surface area contributed by atoms with E-state index in [1.54, 1.807) is 12.1 Å². The second-order valence-electron chi connectivity index (χ2n) is 4.29. The van der Waals surface area contributed by atoms with E-state index in [9.17, 15) is 9.18 Å². The van der Waals surface area contributed by atoms with Crippen molar-refractivity contribution in [3.05, 3.63) is 29.4 Å². The minimum absolute atomic E-state index is 0.226. The summed E-state index contributed by atoms with van der Waals surface area (Å²) in [4.78, 5) is 17.1. The summed E-state index contributed by atoms with van der Waals surface area (Å²) in [6.45, 7) is 1.38. The molecule has 6 heteroatoms. The van der Waals surface area contributed by atoms with E-state index in [0.717, 1.165) is 5.13 Å². The van der Waals surface area contributed by atoms with Gasteiger partial charge in [0.2, 0.25) is 5.91 Å². The number of nitrogens with zero attached hydrogens (tertiary/aromatic N) is 2. The maximum atomic E-state index is 14.0. The zero-order valence-corrected chi connectivity index (χ0v) is 11.7. The Balaban J connectivity index is 2.31. The van der Waals surface area contributed by atoms with Crippen LogP contribution in [-0.2, 0) is 4.79 Å². The number of rotatable bonds is 3. The molecule has 0 bridgehead atoms. The summed E-state index contributed by atoms with van der Waals surface area (Å²) in [7, 11) is 3.78. The monoisotopic (exact) mass is 279 g/mol. The highest BCUT2D eigenvalue weighted by molar-refractivity contribution is 7.14. The quantitative estimate of drug-likeness (QED) is 0.939. The molecule has 0 unspecified atom stereocenters. The summed E-state index contributed by atoms with van der Waals surface area (Å²) in [5, 5.41) is 5.17. The molecule has 2 aromatic rings. The van der Waals surface area contributed by atoms with Gasteiger partial charge in [-0.25, -0.2) is 9.37 Å². The van der Waals surface area contributed by atoms with Crippen molar-refractivity contribution in [2.45, 2.75) is 6.92 Å². The lowest BCUT2D eigenvalue weighted by Gasteiger charge is -2.06. The molecule has 0 spiro atoms. The molecule has 1 aromatic heterocycles. The van der Waals surface area contributed by atoms with Crippen LogP contribution in [0.25, 0.3) is 11.3 Å². The van der Waals surface area contributed by atoms with Gasteiger partial charge in [0.1, 0.15) is 5.82 Å². The number of aromatic nitrogens is 1. The van der Waals surface area contributed by atoms with E-state index >= 15 is 0 Å². The third-order valence-corrected chi connectivity index (χ3v) is 3.45. The number of carbonyl (C=O) groups excluding carboxylic acids is 1. The number of anilines is 2. The summed E-state index contributed by atoms with van der Waals surface area (Å²) < 4.78 is 14.0. The Labute approximate surface area is 114 Å². The standard InChI is InChI=1S/C13H14FN3OS/c1-8(18)15-9-4-5-10(11(14)6-9)12-7-19-13(16-12)17(2)3/h4-7H,1-3H3,(H,15,18). The predicted molar refractivity (Wildman–Crippen MR) is 76.1 cm³/mol. The van der Waals surface area contributed by atoms with Crippen molar-refractivity contribution >= 4 is 28.1 Å². The highest BCUT2D eigenvalue weighted by Crippen LogP contribution is 2.29. The zero-order chi connectivity index (χ0) is 14.0. The summed E-state index contributed by atoms with van der Waals surface area (Å²) in [6, 6.07) is 4.58. The molecule has 0 atom stereocenters. The van der Waals surface area contributed by atoms with E-state index in [1.807, 2.05) is 24.4 Å². The van der Waals surface area contributed by atoms with Crippen LogP contribution in [0.2, 0.25) is 0 Å². The molecular weight excluding hydrogens is 265 g/mol. The Morgan fingerprint density at radius 2 is 2.16 bits per heavy atom. The first kappa shape index (κ1) is 13.5. The first-order valence-electron chi connectivity index (χ1n) is 5.67. The lowest BCUT2D eigenvalue weighted by Crippen LogP contribution is -2.07. The fraction of sp³-hybridized carbons (Fsp3) is 0.231. The molecule has 0 aliphatic rings. The first-order chi connectivity index (χ1) is 8.97. The lowest BCUT2D eigenvalue weighted by atomic mass is 10.1. The smallest absolute Gasteiger partial charge is 0.221 e. The van der Waals surface area contributed by atoms with Crippen molar-refractivity contribution in [1.29, 1.82) is 0 Å². The van der Waals surface area contributed by atoms with Crippen LogP contribution in [0.3, 0.4) is 0 Å². The van der Waals surface area contributed by atoms with Gasteiger partial charge in [0.15, 0.2) is 5.13 Å². The Morgan fingerprint density at radius 1 is 1.42 bits per heavy atom. The molecule has 0 aliphatic heterocycles. The number of nitrogens with one attached hydrogen (secondary N) is 1. The zero-order valence-electron chi connectivity index (χ0n) is 10.9. The molecule has 0 saturated heterocycles. The molecule has 1 amide bonds. The van der Waals surface area contributed by atoms with Crippen LogP contribution >= 0.6 is 11.3 Å². The third-order valence-electron chi connectivity index (χ3n) is 2.44. The predicted octanol–water partition coefficient (Wildman–Crippen LogP) is 2.97. The number of halogens is 1. The molecule has 4 nitrogen and oxygen atoms in total. The Bertz CT molecular complexity index is 610. The van der Waals surface area contributed by atoms with Gasteiger partial charge < -0.3 is 10.2 Å². The SMILES string of the molecule is CC(=O)Nc1ccc(-c2csc(N(C)C)n2)c(F)c1. The summed E-state index contributed by atoms with van der Waals surface area (Å²) in [5.41, 5.74) is 1.47. The van der Waals surface area contributed by atoms with Crippen molar-refractivity contribution in [1.82, 2.24) is 4.98 Å². The third kappa shape index (κ3) is 3.08. The summed E-state index contributed by atoms with van der Waals surface area (Å²) in [5.74, 6) is -0.627. The summed E-state index contributed by atoms with van der Waals surface area (Å²) >= 11 is 1.45. The van der Waals surface area contributed by atoms with Crippen molar-refractivity contribution < 1.29 is 9.18 Å². The number of hydrogen-bond donors (Lipinski definition) is 1. The van der Waals surface area contributed by atoms with Gasteiger partial charge in [0.05, 0.1) is 5.69 Å². The highest BCUT2D eigenvalue weighted by atomic mass is 32.1. The van der Waals surface area contributed by atoms with Crippen LogP contribution in [0.1, 0.15) is 6.92 Å². The minimum Gasteiger partial charge on any atom is -0.354 e. The molecule has 0 aliphatic carbocycles. The molecular formula is C13H14FN3OS. The first-order valence-corrected chi connectivity index (χ1v) is 6.55. The Morgan fingerprint density at radius 3 is 2.68 bits per heavy atom. The van der Waals surface area contributed by atoms with E-state index in [-0.39, 0.29) is 5.91 Å². The number of carbonyl (C=O) groups is 1. The molecule has 0 radical (unpaired) electrons. The van der Waals surface area contributed by atoms with Crippen LogP contribution < -0.4 is 10.2 Å². The average Bonchev–Trinajstić information content (AvgIpc) is 2.77. The van der Waals surface area contributed by atoms with Crippen LogP contribution in [0, 0.1) is 5.82 Å². The van der Waals surface area contributed by atoms with E-state index in [0.29, 0.717) is 16.9 Å². The van der Waals surface area contributed by atoms with Gasteiger partial charge in [-0.2, -0.15) is 0 Å². The van der Waals surface area contributed by atoms with Crippen molar-refractivity contribution in [3.8, 4) is 11.3 Å². The molecule has 1 aromatic carbocycles. The molecule has 100 valence electrons. The highest BCUT2D eigenvalue weighted by Gasteiger charge is 2.11. The maximum Gasteiger partial charge on any atom is 0.221 e. The molecule has 1 N–H and O–H groups in total. The minimum atomic E-state index is -0.401. The van der Waals surface area contributed by atoms with Gasteiger partial charge in [-0.05, 0) is 18.2 Å². The average molecular weight is 279 g/mol. The normalized spacial score (nSPS) is 10.3. The second-order valence-corrected chi connectivity index (χ2v) is 5.12. The summed E-state index contributed by atoms with van der Waals surface area (Å²) in [6.07, 6.45) is 0. The molecule has 0 fully saturated rings. The molecule has 2 rings (SSSR count). The Hall–Kier alpha value is -1.95. The van der Waals surface area contributed by atoms with E-state index < -0.39 is 5.82 Å². The van der Waals surface area contributed by atoms with E-state index in [4.69, 9.17) is 0 Å². The maximum absolute atomic E-state index is 14.0. The number of thiazole rings is 1. The molecule has 0 saturated carbocycles. The lowest BCUT2D eigenvalue weighted by molar-refractivity contribution is -0.114. The van der Waals surface area contributed by atoms with Crippen molar-refractivity contribution in [2.24, 2.45) is 0 Å². The Kier molecular flexibility index (Phi) is 3.80. The van der Waals surface area contributed by atoms with Gasteiger partial charge >= 0.3 is 0 Å². The van der Waals surface area contributed by atoms with E-state index in [1.165, 1.54) is 24.3 Å². The van der Waals surface area contributed by atoms with Crippen LogP contribution in [-0.4, -0.2) is 25.0 Å². The number of amides is 1. The van der Waals surface area contributed by atoms with Crippen LogP contribution in [0.5, 0.6) is 0 Å². The molecule has 1 heterocycles. The van der Waals surface area contributed by atoms with E-state index in [2.05, 4.69) is 10.3 Å². The van der Waals surface area contributed by atoms with Crippen LogP contribution in [0.4, 0.5) is 15.2 Å². The fourth-order valence-electron chi connectivity index (χ4n) is 1.60. The van der Waals surface area contributed by atoms with Gasteiger partial charge in [-0.1, -0.05) is 0 Å². The van der Waals surface area contributed by atoms with Crippen LogP contribution in [0.15, 0.2) is 23.6 Å². The van der Waals surface area contributed by atoms with Gasteiger partial charge in [0, 0.05) is 37.6 Å². The molecule has 19 heavy (non-hydrogen) atoms. The van der Waals surface area contributed by atoms with Gasteiger partial charge in [-0.15, -0.1) is 11.3 Å². The van der Waals surface area contributed by atoms with Gasteiger partial charge in [-0.3, -0.25) is 4.79 Å². The van der Waals surface area contributed by atoms with Crippen molar-refractivity contribution in [3.63, 3.8) is 0 Å². The van der Waals surface area contributed by atoms with Gasteiger partial charge in [0.25, 0.3) is 0 Å². The van der Waals surface area contributed by atoms with Crippen molar-refractivity contribution in [2.75, 3.05) is 24.3 Å². The number of hydrogen-bond acceptors (Lipinski definition) is 4. The largest absolute Gasteiger partial charge is 0.354 e. The number of benzene rings is 1. The second kappa shape index (κ2) is 5.36. The topological polar surface area (TPSA) is 45.2 Å².